The maximum Gasteiger partial charge on any atom is 0.268 e. The van der Waals surface area contributed by atoms with Gasteiger partial charge in [0.2, 0.25) is 6.10 Å². The molecular weight excluding hydrogens is 307 g/mol. The van der Waals surface area contributed by atoms with Gasteiger partial charge in [0.25, 0.3) is 5.91 Å². The van der Waals surface area contributed by atoms with Gasteiger partial charge in [-0.25, -0.2) is 4.39 Å². The zero-order chi connectivity index (χ0) is 15.5. The van der Waals surface area contributed by atoms with Crippen LogP contribution in [0.25, 0.3) is 0 Å². The maximum absolute atomic E-state index is 13.8. The highest BCUT2D eigenvalue weighted by Gasteiger charge is 2.29. The Morgan fingerprint density at radius 2 is 2.00 bits per heavy atom. The summed E-state index contributed by atoms with van der Waals surface area (Å²) in [5, 5.41) is 6.34. The van der Waals surface area contributed by atoms with Gasteiger partial charge in [0.05, 0.1) is 16.4 Å². The molecule has 0 radical (unpaired) electrons. The molecule has 0 fully saturated rings. The zero-order valence-corrected chi connectivity index (χ0v) is 12.2. The molecule has 1 atom stereocenters. The van der Waals surface area contributed by atoms with Crippen LogP contribution in [0.3, 0.4) is 0 Å². The first-order chi connectivity index (χ1) is 10.6. The van der Waals surface area contributed by atoms with Crippen molar-refractivity contribution in [3.05, 3.63) is 64.9 Å². The molecule has 2 aromatic rings. The van der Waals surface area contributed by atoms with Crippen LogP contribution >= 0.6 is 11.6 Å². The van der Waals surface area contributed by atoms with Gasteiger partial charge in [-0.15, -0.1) is 0 Å². The quantitative estimate of drug-likeness (QED) is 0.940. The average molecular weight is 319 g/mol. The number of oxime groups is 1. The van der Waals surface area contributed by atoms with Gasteiger partial charge in [-0.3, -0.25) is 4.79 Å². The molecule has 2 aromatic carbocycles. The van der Waals surface area contributed by atoms with Gasteiger partial charge in [-0.05, 0) is 17.7 Å². The van der Waals surface area contributed by atoms with Crippen LogP contribution in [0.4, 0.5) is 10.1 Å². The highest BCUT2D eigenvalue weighted by Crippen LogP contribution is 2.23. The average Bonchev–Trinajstić information content (AvgIpc) is 3.03. The number of nitrogens with one attached hydrogen (secondary N) is 1. The number of carbonyl (C=O) groups is 1. The third-order valence-electron chi connectivity index (χ3n) is 3.28. The molecule has 4 nitrogen and oxygen atoms in total. The predicted octanol–water partition coefficient (Wildman–Crippen LogP) is 3.61. The fraction of sp³-hybridized carbons (Fsp3) is 0.125. The number of anilines is 1. The van der Waals surface area contributed by atoms with Crippen LogP contribution in [-0.2, 0) is 9.63 Å². The summed E-state index contributed by atoms with van der Waals surface area (Å²) in [6.45, 7) is 0. The lowest BCUT2D eigenvalue weighted by molar-refractivity contribution is -0.125. The standard InChI is InChI=1S/C16H12ClFN2O2/c17-11-7-4-8-12(15(11)18)19-16(21)14-9-13(20-22-14)10-5-2-1-3-6-10/h1-8,14H,9H2,(H,19,21)/t14-/m0/s1. The SMILES string of the molecule is O=C(Nc1cccc(Cl)c1F)[C@@H]1CC(c2ccccc2)=NO1. The smallest absolute Gasteiger partial charge is 0.268 e. The van der Waals surface area contributed by atoms with E-state index in [0.717, 1.165) is 5.56 Å². The van der Waals surface area contributed by atoms with Crippen LogP contribution in [0.15, 0.2) is 53.7 Å². The Kier molecular flexibility index (Phi) is 4.06. The van der Waals surface area contributed by atoms with E-state index in [1.165, 1.54) is 12.1 Å². The third kappa shape index (κ3) is 2.94. The minimum absolute atomic E-state index is 0.0225. The molecule has 112 valence electrons. The summed E-state index contributed by atoms with van der Waals surface area (Å²) in [7, 11) is 0. The number of benzene rings is 2. The molecule has 0 saturated heterocycles. The third-order valence-corrected chi connectivity index (χ3v) is 3.57. The Morgan fingerprint density at radius 1 is 1.23 bits per heavy atom. The van der Waals surface area contributed by atoms with Gasteiger partial charge in [0, 0.05) is 6.42 Å². The van der Waals surface area contributed by atoms with E-state index < -0.39 is 17.8 Å². The highest BCUT2D eigenvalue weighted by molar-refractivity contribution is 6.31. The zero-order valence-electron chi connectivity index (χ0n) is 11.4. The van der Waals surface area contributed by atoms with Crippen LogP contribution in [0.2, 0.25) is 5.02 Å². The summed E-state index contributed by atoms with van der Waals surface area (Å²) in [4.78, 5) is 17.3. The van der Waals surface area contributed by atoms with Crippen molar-refractivity contribution in [1.29, 1.82) is 0 Å². The van der Waals surface area contributed by atoms with E-state index in [-0.39, 0.29) is 10.7 Å². The summed E-state index contributed by atoms with van der Waals surface area (Å²) in [6, 6.07) is 13.8. The van der Waals surface area contributed by atoms with Crippen LogP contribution in [0, 0.1) is 5.82 Å². The van der Waals surface area contributed by atoms with E-state index >= 15 is 0 Å². The minimum atomic E-state index is -0.784. The molecule has 0 aliphatic carbocycles. The van der Waals surface area contributed by atoms with Crippen molar-refractivity contribution in [3.8, 4) is 0 Å². The van der Waals surface area contributed by atoms with Crippen molar-refractivity contribution in [1.82, 2.24) is 0 Å². The van der Waals surface area contributed by atoms with Crippen LogP contribution < -0.4 is 5.32 Å². The monoisotopic (exact) mass is 318 g/mol. The lowest BCUT2D eigenvalue weighted by Gasteiger charge is -2.10. The molecule has 1 N–H and O–H groups in total. The molecule has 1 aliphatic heterocycles. The molecular formula is C16H12ClFN2O2. The second-order valence-electron chi connectivity index (χ2n) is 4.79. The highest BCUT2D eigenvalue weighted by atomic mass is 35.5. The van der Waals surface area contributed by atoms with E-state index in [2.05, 4.69) is 10.5 Å². The van der Waals surface area contributed by atoms with E-state index in [1.54, 1.807) is 6.07 Å². The number of hydrogen-bond acceptors (Lipinski definition) is 3. The van der Waals surface area contributed by atoms with Crippen molar-refractivity contribution < 1.29 is 14.0 Å². The van der Waals surface area contributed by atoms with Gasteiger partial charge in [0.1, 0.15) is 0 Å². The topological polar surface area (TPSA) is 50.7 Å². The first-order valence-electron chi connectivity index (χ1n) is 6.68. The largest absolute Gasteiger partial charge is 0.382 e. The number of hydrogen-bond donors (Lipinski definition) is 1. The number of amides is 1. The van der Waals surface area contributed by atoms with E-state index in [4.69, 9.17) is 16.4 Å². The predicted molar refractivity (Wildman–Crippen MR) is 82.5 cm³/mol. The van der Waals surface area contributed by atoms with E-state index in [0.29, 0.717) is 12.1 Å². The van der Waals surface area contributed by atoms with Gasteiger partial charge in [-0.1, -0.05) is 53.2 Å². The number of rotatable bonds is 3. The van der Waals surface area contributed by atoms with Crippen LogP contribution in [0.5, 0.6) is 0 Å². The fourth-order valence-electron chi connectivity index (χ4n) is 2.13. The van der Waals surface area contributed by atoms with Gasteiger partial charge in [-0.2, -0.15) is 0 Å². The van der Waals surface area contributed by atoms with Gasteiger partial charge < -0.3 is 10.2 Å². The summed E-state index contributed by atoms with van der Waals surface area (Å²) < 4.78 is 13.8. The molecule has 1 amide bonds. The minimum Gasteiger partial charge on any atom is -0.382 e. The van der Waals surface area contributed by atoms with Crippen molar-refractivity contribution in [2.24, 2.45) is 5.16 Å². The molecule has 0 aromatic heterocycles. The van der Waals surface area contributed by atoms with E-state index in [9.17, 15) is 9.18 Å². The lowest BCUT2D eigenvalue weighted by Crippen LogP contribution is -2.28. The van der Waals surface area contributed by atoms with Gasteiger partial charge >= 0.3 is 0 Å². The molecule has 0 bridgehead atoms. The second-order valence-corrected chi connectivity index (χ2v) is 5.20. The van der Waals surface area contributed by atoms with Crippen LogP contribution in [0.1, 0.15) is 12.0 Å². The van der Waals surface area contributed by atoms with Crippen LogP contribution in [-0.4, -0.2) is 17.7 Å². The summed E-state index contributed by atoms with van der Waals surface area (Å²) in [5.41, 5.74) is 1.60. The van der Waals surface area contributed by atoms with Gasteiger partial charge in [0.15, 0.2) is 5.82 Å². The molecule has 6 heteroatoms. The second kappa shape index (κ2) is 6.15. The molecule has 1 heterocycles. The lowest BCUT2D eigenvalue weighted by atomic mass is 10.0. The number of nitrogens with zero attached hydrogens (tertiary/aromatic N) is 1. The Hall–Kier alpha value is -2.40. The fourth-order valence-corrected chi connectivity index (χ4v) is 2.31. The van der Waals surface area contributed by atoms with E-state index in [1.807, 2.05) is 30.3 Å². The van der Waals surface area contributed by atoms with Crippen molar-refractivity contribution in [2.75, 3.05) is 5.32 Å². The number of carbonyl (C=O) groups excluding carboxylic acids is 1. The van der Waals surface area contributed by atoms with Crippen molar-refractivity contribution >= 4 is 28.9 Å². The summed E-state index contributed by atoms with van der Waals surface area (Å²) in [6.07, 6.45) is -0.452. The normalized spacial score (nSPS) is 16.8. The first-order valence-corrected chi connectivity index (χ1v) is 7.06. The van der Waals surface area contributed by atoms with Crippen molar-refractivity contribution in [2.45, 2.75) is 12.5 Å². The van der Waals surface area contributed by atoms with Crippen molar-refractivity contribution in [3.63, 3.8) is 0 Å². The molecule has 0 unspecified atom stereocenters. The summed E-state index contributed by atoms with van der Waals surface area (Å²) in [5.74, 6) is -1.13. The Morgan fingerprint density at radius 3 is 2.77 bits per heavy atom. The first kappa shape index (κ1) is 14.5. The Bertz CT molecular complexity index is 734. The molecule has 22 heavy (non-hydrogen) atoms. The Labute approximate surface area is 131 Å². The number of halogens is 2. The maximum atomic E-state index is 13.8. The molecule has 1 aliphatic rings. The molecule has 0 saturated carbocycles. The Balaban J connectivity index is 1.67. The molecule has 3 rings (SSSR count). The molecule has 0 spiro atoms. The summed E-state index contributed by atoms with van der Waals surface area (Å²) >= 11 is 5.68.